The second-order valence-electron chi connectivity index (χ2n) is 8.20. The van der Waals surface area contributed by atoms with Gasteiger partial charge in [0.1, 0.15) is 6.04 Å². The van der Waals surface area contributed by atoms with Gasteiger partial charge in [0.05, 0.1) is 11.9 Å². The molecule has 0 aliphatic carbocycles. The van der Waals surface area contributed by atoms with Gasteiger partial charge in [-0.15, -0.1) is 0 Å². The Kier molecular flexibility index (Phi) is 9.01. The van der Waals surface area contributed by atoms with Crippen LogP contribution in [-0.2, 0) is 26.2 Å². The fourth-order valence-corrected chi connectivity index (χ4v) is 5.18. The fourth-order valence-electron chi connectivity index (χ4n) is 3.78. The van der Waals surface area contributed by atoms with Gasteiger partial charge >= 0.3 is 0 Å². The molecule has 0 unspecified atom stereocenters. The van der Waals surface area contributed by atoms with Crippen LogP contribution in [0.3, 0.4) is 0 Å². The zero-order valence-electron chi connectivity index (χ0n) is 20.0. The van der Waals surface area contributed by atoms with Crippen LogP contribution in [0, 0.1) is 0 Å². The summed E-state index contributed by atoms with van der Waals surface area (Å²) in [5.74, 6) is 0.555. The largest absolute Gasteiger partial charge is 0.454 e. The number of benzene rings is 2. The lowest BCUT2D eigenvalue weighted by molar-refractivity contribution is -0.140. The summed E-state index contributed by atoms with van der Waals surface area (Å²) < 4.78 is 37.8. The van der Waals surface area contributed by atoms with Crippen LogP contribution in [-0.4, -0.2) is 57.3 Å². The number of amides is 2. The lowest BCUT2D eigenvalue weighted by Gasteiger charge is -2.29. The Labute approximate surface area is 214 Å². The number of hydrogen-bond acceptors (Lipinski definition) is 6. The first-order valence-corrected chi connectivity index (χ1v) is 13.9. The van der Waals surface area contributed by atoms with E-state index in [-0.39, 0.29) is 44.5 Å². The summed E-state index contributed by atoms with van der Waals surface area (Å²) in [5, 5.41) is 2.76. The quantitative estimate of drug-likeness (QED) is 0.446. The number of sulfonamides is 1. The Morgan fingerprint density at radius 2 is 1.89 bits per heavy atom. The maximum atomic E-state index is 13.2. The van der Waals surface area contributed by atoms with Crippen molar-refractivity contribution in [2.45, 2.75) is 39.3 Å². The first-order chi connectivity index (χ1) is 16.6. The summed E-state index contributed by atoms with van der Waals surface area (Å²) in [6, 6.07) is 11.8. The molecule has 0 spiro atoms. The summed E-state index contributed by atoms with van der Waals surface area (Å²) in [6.45, 7) is 4.42. The van der Waals surface area contributed by atoms with E-state index < -0.39 is 16.1 Å². The lowest BCUT2D eigenvalue weighted by atomic mass is 10.1. The van der Waals surface area contributed by atoms with Crippen LogP contribution in [0.25, 0.3) is 0 Å². The third kappa shape index (κ3) is 7.11. The van der Waals surface area contributed by atoms with E-state index in [1.54, 1.807) is 25.1 Å². The predicted octanol–water partition coefficient (Wildman–Crippen LogP) is 3.28. The number of anilines is 1. The number of nitrogens with zero attached hydrogens (tertiary/aromatic N) is 2. The number of rotatable bonds is 11. The molecule has 1 N–H and O–H groups in total. The van der Waals surface area contributed by atoms with Gasteiger partial charge in [-0.1, -0.05) is 28.1 Å². The molecule has 0 bridgehead atoms. The van der Waals surface area contributed by atoms with E-state index in [4.69, 9.17) is 9.47 Å². The van der Waals surface area contributed by atoms with E-state index >= 15 is 0 Å². The molecule has 0 saturated heterocycles. The molecule has 3 rings (SSSR count). The Morgan fingerprint density at radius 3 is 2.57 bits per heavy atom. The molecule has 9 nitrogen and oxygen atoms in total. The molecule has 2 aromatic rings. The molecule has 2 amide bonds. The zero-order valence-corrected chi connectivity index (χ0v) is 22.4. The van der Waals surface area contributed by atoms with Crippen LogP contribution < -0.4 is 19.1 Å². The van der Waals surface area contributed by atoms with E-state index in [2.05, 4.69) is 21.2 Å². The molecular weight excluding hydrogens is 538 g/mol. The zero-order chi connectivity index (χ0) is 25.6. The Morgan fingerprint density at radius 1 is 1.14 bits per heavy atom. The van der Waals surface area contributed by atoms with Crippen molar-refractivity contribution in [3.05, 3.63) is 52.5 Å². The molecule has 0 fully saturated rings. The molecule has 190 valence electrons. The van der Waals surface area contributed by atoms with Crippen LogP contribution in [0.5, 0.6) is 11.5 Å². The molecule has 2 aromatic carbocycles. The van der Waals surface area contributed by atoms with Crippen molar-refractivity contribution in [1.29, 1.82) is 0 Å². The van der Waals surface area contributed by atoms with Gasteiger partial charge in [0, 0.05) is 36.6 Å². The van der Waals surface area contributed by atoms with Gasteiger partial charge in [-0.2, -0.15) is 0 Å². The summed E-state index contributed by atoms with van der Waals surface area (Å²) in [5.41, 5.74) is 1.31. The molecule has 1 heterocycles. The van der Waals surface area contributed by atoms with Crippen LogP contribution >= 0.6 is 15.9 Å². The fraction of sp³-hybridized carbons (Fsp3) is 0.417. The minimum atomic E-state index is -3.60. The third-order valence-corrected chi connectivity index (χ3v) is 7.24. The second kappa shape index (κ2) is 11.8. The third-order valence-electron chi connectivity index (χ3n) is 5.56. The van der Waals surface area contributed by atoms with E-state index in [9.17, 15) is 18.0 Å². The van der Waals surface area contributed by atoms with Gasteiger partial charge in [0.15, 0.2) is 11.5 Å². The van der Waals surface area contributed by atoms with Crippen LogP contribution in [0.2, 0.25) is 0 Å². The highest BCUT2D eigenvalue weighted by atomic mass is 79.9. The number of carbonyl (C=O) groups excluding carboxylic acids is 2. The lowest BCUT2D eigenvalue weighted by Crippen LogP contribution is -2.47. The van der Waals surface area contributed by atoms with Gasteiger partial charge < -0.3 is 19.7 Å². The van der Waals surface area contributed by atoms with Crippen molar-refractivity contribution in [1.82, 2.24) is 10.2 Å². The molecule has 0 aromatic heterocycles. The minimum absolute atomic E-state index is 0.0777. The number of fused-ring (bicyclic) bond motifs is 1. The minimum Gasteiger partial charge on any atom is -0.454 e. The second-order valence-corrected chi connectivity index (χ2v) is 11.0. The highest BCUT2D eigenvalue weighted by Gasteiger charge is 2.27. The standard InChI is InChI=1S/C24H30BrN3O6S/c1-4-26-24(30)17(2)27(15-18-7-5-8-19(25)13-18)23(29)9-6-12-28(35(3,31)32)20-10-11-21-22(14-20)34-16-33-21/h5,7-8,10-11,13-14,17H,4,6,9,12,15-16H2,1-3H3,(H,26,30)/t17-/m0/s1. The first-order valence-electron chi connectivity index (χ1n) is 11.3. The number of likely N-dealkylation sites (N-methyl/N-ethyl adjacent to an activating group) is 1. The van der Waals surface area contributed by atoms with E-state index in [1.165, 1.54) is 9.21 Å². The van der Waals surface area contributed by atoms with Crippen molar-refractivity contribution in [2.75, 3.05) is 30.4 Å². The van der Waals surface area contributed by atoms with Crippen molar-refractivity contribution in [3.8, 4) is 11.5 Å². The molecule has 11 heteroatoms. The number of hydrogen-bond donors (Lipinski definition) is 1. The number of carbonyl (C=O) groups is 2. The molecule has 1 atom stereocenters. The highest BCUT2D eigenvalue weighted by molar-refractivity contribution is 9.10. The Hall–Kier alpha value is -2.79. The monoisotopic (exact) mass is 567 g/mol. The average Bonchev–Trinajstić information content (AvgIpc) is 3.27. The van der Waals surface area contributed by atoms with Crippen molar-refractivity contribution >= 4 is 43.5 Å². The highest BCUT2D eigenvalue weighted by Crippen LogP contribution is 2.36. The maximum absolute atomic E-state index is 13.2. The molecule has 0 radical (unpaired) electrons. The SMILES string of the molecule is CCNC(=O)[C@H](C)N(Cc1cccc(Br)c1)C(=O)CCCN(c1ccc2c(c1)OCO2)S(C)(=O)=O. The van der Waals surface area contributed by atoms with E-state index in [0.29, 0.717) is 23.7 Å². The van der Waals surface area contributed by atoms with Gasteiger partial charge in [0.25, 0.3) is 0 Å². The van der Waals surface area contributed by atoms with Gasteiger partial charge in [0.2, 0.25) is 28.6 Å². The van der Waals surface area contributed by atoms with Crippen LogP contribution in [0.15, 0.2) is 46.9 Å². The van der Waals surface area contributed by atoms with E-state index in [0.717, 1.165) is 16.3 Å². The summed E-state index contributed by atoms with van der Waals surface area (Å²) in [4.78, 5) is 27.3. The number of halogens is 1. The molecule has 1 aliphatic heterocycles. The van der Waals surface area contributed by atoms with Gasteiger partial charge in [-0.05, 0) is 50.1 Å². The summed E-state index contributed by atoms with van der Waals surface area (Å²) in [6.07, 6.45) is 1.47. The normalized spacial score (nSPS) is 13.3. The Balaban J connectivity index is 1.72. The van der Waals surface area contributed by atoms with Gasteiger partial charge in [-0.25, -0.2) is 8.42 Å². The summed E-state index contributed by atoms with van der Waals surface area (Å²) >= 11 is 3.44. The molecule has 35 heavy (non-hydrogen) atoms. The number of nitrogens with one attached hydrogen (secondary N) is 1. The molecule has 1 aliphatic rings. The van der Waals surface area contributed by atoms with Gasteiger partial charge in [-0.3, -0.25) is 13.9 Å². The van der Waals surface area contributed by atoms with Crippen LogP contribution in [0.4, 0.5) is 5.69 Å². The average molecular weight is 568 g/mol. The topological polar surface area (TPSA) is 105 Å². The predicted molar refractivity (Wildman–Crippen MR) is 137 cm³/mol. The van der Waals surface area contributed by atoms with Crippen molar-refractivity contribution < 1.29 is 27.5 Å². The Bertz CT molecular complexity index is 1170. The van der Waals surface area contributed by atoms with Crippen molar-refractivity contribution in [2.24, 2.45) is 0 Å². The smallest absolute Gasteiger partial charge is 0.242 e. The van der Waals surface area contributed by atoms with Crippen molar-refractivity contribution in [3.63, 3.8) is 0 Å². The first kappa shape index (κ1) is 26.8. The van der Waals surface area contributed by atoms with E-state index in [1.807, 2.05) is 31.2 Å². The summed E-state index contributed by atoms with van der Waals surface area (Å²) in [7, 11) is -3.60. The molecular formula is C24H30BrN3O6S. The maximum Gasteiger partial charge on any atom is 0.242 e. The molecule has 0 saturated carbocycles. The van der Waals surface area contributed by atoms with Crippen LogP contribution in [0.1, 0.15) is 32.3 Å². The number of ether oxygens (including phenoxy) is 2.